The fourth-order valence-corrected chi connectivity index (χ4v) is 3.65. The Bertz CT molecular complexity index is 924. The molecule has 1 unspecified atom stereocenters. The SMILES string of the molecule is CNC(=O)C(CCC=O)c1c(F)cc(N2CCN(c3cnc(C=O)cn3)CC2)cc1F. The van der Waals surface area contributed by atoms with E-state index in [0.717, 1.165) is 0 Å². The molecular weight excluding hydrogens is 408 g/mol. The molecule has 2 heterocycles. The van der Waals surface area contributed by atoms with Gasteiger partial charge in [0.1, 0.15) is 29.4 Å². The normalized spacial score (nSPS) is 14.8. The topological polar surface area (TPSA) is 95.5 Å². The van der Waals surface area contributed by atoms with E-state index in [1.807, 2.05) is 9.80 Å². The predicted molar refractivity (Wildman–Crippen MR) is 110 cm³/mol. The summed E-state index contributed by atoms with van der Waals surface area (Å²) in [5.41, 5.74) is 0.303. The predicted octanol–water partition coefficient (Wildman–Crippen LogP) is 1.70. The Morgan fingerprint density at radius 3 is 2.26 bits per heavy atom. The highest BCUT2D eigenvalue weighted by Crippen LogP contribution is 2.31. The molecule has 0 aliphatic carbocycles. The van der Waals surface area contributed by atoms with E-state index in [4.69, 9.17) is 0 Å². The van der Waals surface area contributed by atoms with E-state index in [-0.39, 0.29) is 24.1 Å². The maximum absolute atomic E-state index is 14.9. The lowest BCUT2D eigenvalue weighted by Crippen LogP contribution is -2.47. The lowest BCUT2D eigenvalue weighted by Gasteiger charge is -2.36. The van der Waals surface area contributed by atoms with Gasteiger partial charge in [0.25, 0.3) is 0 Å². The van der Waals surface area contributed by atoms with Gasteiger partial charge in [-0.05, 0) is 18.6 Å². The van der Waals surface area contributed by atoms with Crippen molar-refractivity contribution >= 4 is 30.0 Å². The summed E-state index contributed by atoms with van der Waals surface area (Å²) in [7, 11) is 1.39. The first kappa shape index (κ1) is 22.3. The van der Waals surface area contributed by atoms with Crippen LogP contribution in [-0.4, -0.2) is 61.7 Å². The van der Waals surface area contributed by atoms with Crippen LogP contribution in [0.5, 0.6) is 0 Å². The molecule has 1 aromatic carbocycles. The summed E-state index contributed by atoms with van der Waals surface area (Å²) in [5, 5.41) is 2.40. The Morgan fingerprint density at radius 1 is 1.10 bits per heavy atom. The van der Waals surface area contributed by atoms with Crippen molar-refractivity contribution in [3.05, 3.63) is 47.4 Å². The second-order valence-electron chi connectivity index (χ2n) is 7.13. The summed E-state index contributed by atoms with van der Waals surface area (Å²) in [5.74, 6) is -2.61. The van der Waals surface area contributed by atoms with E-state index in [1.165, 1.54) is 31.6 Å². The van der Waals surface area contributed by atoms with Crippen molar-refractivity contribution in [2.24, 2.45) is 0 Å². The molecule has 8 nitrogen and oxygen atoms in total. The average Bonchev–Trinajstić information content (AvgIpc) is 2.80. The van der Waals surface area contributed by atoms with Gasteiger partial charge in [0.15, 0.2) is 6.29 Å². The number of anilines is 2. The number of nitrogens with zero attached hydrogens (tertiary/aromatic N) is 4. The van der Waals surface area contributed by atoms with Crippen molar-refractivity contribution in [3.8, 4) is 0 Å². The number of rotatable bonds is 8. The number of hydrogen-bond donors (Lipinski definition) is 1. The zero-order valence-electron chi connectivity index (χ0n) is 17.1. The minimum atomic E-state index is -1.07. The molecule has 10 heteroatoms. The number of benzene rings is 1. The van der Waals surface area contributed by atoms with Crippen molar-refractivity contribution in [1.29, 1.82) is 0 Å². The molecule has 0 saturated carbocycles. The van der Waals surface area contributed by atoms with E-state index >= 15 is 0 Å². The lowest BCUT2D eigenvalue weighted by atomic mass is 9.92. The van der Waals surface area contributed by atoms with Crippen molar-refractivity contribution < 1.29 is 23.2 Å². The molecule has 31 heavy (non-hydrogen) atoms. The number of likely N-dealkylation sites (N-methyl/N-ethyl adjacent to an activating group) is 1. The number of halogens is 2. The smallest absolute Gasteiger partial charge is 0.227 e. The molecule has 0 bridgehead atoms. The second-order valence-corrected chi connectivity index (χ2v) is 7.13. The highest BCUT2D eigenvalue weighted by molar-refractivity contribution is 5.84. The third-order valence-corrected chi connectivity index (χ3v) is 5.30. The average molecular weight is 431 g/mol. The van der Waals surface area contributed by atoms with Crippen molar-refractivity contribution in [2.75, 3.05) is 43.0 Å². The molecule has 2 aromatic rings. The van der Waals surface area contributed by atoms with Gasteiger partial charge in [-0.3, -0.25) is 9.59 Å². The number of piperazine rings is 1. The highest BCUT2D eigenvalue weighted by atomic mass is 19.1. The third-order valence-electron chi connectivity index (χ3n) is 5.30. The summed E-state index contributed by atoms with van der Waals surface area (Å²) in [4.78, 5) is 45.5. The van der Waals surface area contributed by atoms with Crippen LogP contribution in [-0.2, 0) is 9.59 Å². The van der Waals surface area contributed by atoms with Crippen LogP contribution < -0.4 is 15.1 Å². The van der Waals surface area contributed by atoms with E-state index in [0.29, 0.717) is 50.3 Å². The summed E-state index contributed by atoms with van der Waals surface area (Å²) >= 11 is 0. The Morgan fingerprint density at radius 2 is 1.74 bits per heavy atom. The van der Waals surface area contributed by atoms with Crippen LogP contribution >= 0.6 is 0 Å². The maximum atomic E-state index is 14.9. The molecule has 1 aliphatic heterocycles. The first-order chi connectivity index (χ1) is 15.0. The fourth-order valence-electron chi connectivity index (χ4n) is 3.65. The molecule has 3 rings (SSSR count). The number of aldehydes is 2. The minimum Gasteiger partial charge on any atom is -0.368 e. The van der Waals surface area contributed by atoms with E-state index in [1.54, 1.807) is 0 Å². The summed E-state index contributed by atoms with van der Waals surface area (Å²) in [6, 6.07) is 2.45. The van der Waals surface area contributed by atoms with Crippen molar-refractivity contribution in [1.82, 2.24) is 15.3 Å². The minimum absolute atomic E-state index is 0.0252. The van der Waals surface area contributed by atoms with E-state index in [2.05, 4.69) is 15.3 Å². The van der Waals surface area contributed by atoms with Gasteiger partial charge in [-0.25, -0.2) is 18.7 Å². The largest absolute Gasteiger partial charge is 0.368 e. The molecule has 1 aromatic heterocycles. The van der Waals surface area contributed by atoms with Crippen LogP contribution in [0.2, 0.25) is 0 Å². The zero-order chi connectivity index (χ0) is 22.4. The Balaban J connectivity index is 1.74. The fraction of sp³-hybridized carbons (Fsp3) is 0.381. The van der Waals surface area contributed by atoms with Gasteiger partial charge in [-0.1, -0.05) is 0 Å². The summed E-state index contributed by atoms with van der Waals surface area (Å²) in [6.45, 7) is 2.11. The second kappa shape index (κ2) is 10.1. The van der Waals surface area contributed by atoms with Gasteiger partial charge in [-0.15, -0.1) is 0 Å². The van der Waals surface area contributed by atoms with Crippen LogP contribution in [0.1, 0.15) is 34.8 Å². The maximum Gasteiger partial charge on any atom is 0.227 e. The van der Waals surface area contributed by atoms with E-state index < -0.39 is 23.5 Å². The summed E-state index contributed by atoms with van der Waals surface area (Å²) < 4.78 is 29.7. The Kier molecular flexibility index (Phi) is 7.22. The molecule has 1 N–H and O–H groups in total. The van der Waals surface area contributed by atoms with Crippen LogP contribution in [0.15, 0.2) is 24.5 Å². The number of carbonyl (C=O) groups excluding carboxylic acids is 3. The lowest BCUT2D eigenvalue weighted by molar-refractivity contribution is -0.122. The Labute approximate surface area is 178 Å². The van der Waals surface area contributed by atoms with Gasteiger partial charge in [0.2, 0.25) is 5.91 Å². The number of aromatic nitrogens is 2. The molecule has 0 radical (unpaired) electrons. The number of hydrogen-bond acceptors (Lipinski definition) is 7. The molecule has 1 aliphatic rings. The van der Waals surface area contributed by atoms with Crippen LogP contribution in [0, 0.1) is 11.6 Å². The van der Waals surface area contributed by atoms with E-state index in [9.17, 15) is 23.2 Å². The van der Waals surface area contributed by atoms with Crippen LogP contribution in [0.25, 0.3) is 0 Å². The van der Waals surface area contributed by atoms with Gasteiger partial charge in [0, 0.05) is 50.9 Å². The molecular formula is C21H23F2N5O3. The molecule has 1 atom stereocenters. The van der Waals surface area contributed by atoms with Crippen LogP contribution in [0.3, 0.4) is 0 Å². The zero-order valence-corrected chi connectivity index (χ0v) is 17.1. The standard InChI is InChI=1S/C21H23F2N5O3/c1-24-21(31)16(3-2-8-29)20-17(22)9-15(10-18(20)23)27-4-6-28(7-5-27)19-12-25-14(13-30)11-26-19/h8-13,16H,2-7H2,1H3,(H,24,31). The highest BCUT2D eigenvalue weighted by Gasteiger charge is 2.28. The van der Waals surface area contributed by atoms with Gasteiger partial charge in [0.05, 0.1) is 18.3 Å². The third kappa shape index (κ3) is 5.01. The number of nitrogens with one attached hydrogen (secondary N) is 1. The monoisotopic (exact) mass is 431 g/mol. The van der Waals surface area contributed by atoms with Crippen LogP contribution in [0.4, 0.5) is 20.3 Å². The molecule has 0 spiro atoms. The quantitative estimate of drug-likeness (QED) is 0.636. The number of carbonyl (C=O) groups is 3. The first-order valence-electron chi connectivity index (χ1n) is 9.89. The Hall–Kier alpha value is -3.43. The summed E-state index contributed by atoms with van der Waals surface area (Å²) in [6.07, 6.45) is 4.21. The van der Waals surface area contributed by atoms with Gasteiger partial charge in [-0.2, -0.15) is 0 Å². The van der Waals surface area contributed by atoms with Crippen molar-refractivity contribution in [2.45, 2.75) is 18.8 Å². The molecule has 164 valence electrons. The number of amides is 1. The molecule has 1 amide bonds. The molecule has 1 fully saturated rings. The van der Waals surface area contributed by atoms with Crippen molar-refractivity contribution in [3.63, 3.8) is 0 Å². The first-order valence-corrected chi connectivity index (χ1v) is 9.89. The molecule has 1 saturated heterocycles. The van der Waals surface area contributed by atoms with Gasteiger partial charge >= 0.3 is 0 Å². The van der Waals surface area contributed by atoms with Gasteiger partial charge < -0.3 is 19.9 Å².